The molecule has 0 amide bonds. The zero-order chi connectivity index (χ0) is 11.1. The second-order valence-corrected chi connectivity index (χ2v) is 12.4. The molecule has 0 saturated carbocycles. The number of rotatable bonds is 0. The van der Waals surface area contributed by atoms with Gasteiger partial charge in [0.15, 0.2) is 0 Å². The molecule has 0 rings (SSSR count). The molecule has 0 saturated heterocycles. The van der Waals surface area contributed by atoms with E-state index in [0.717, 1.165) is 0 Å². The van der Waals surface area contributed by atoms with Gasteiger partial charge in [-0.1, -0.05) is 62.3 Å². The maximum atomic E-state index is 2.40. The van der Waals surface area contributed by atoms with Crippen LogP contribution in [0.1, 0.15) is 62.3 Å². The third kappa shape index (κ3) is 5.05. The predicted molar refractivity (Wildman–Crippen MR) is 70.7 cm³/mol. The van der Waals surface area contributed by atoms with Crippen LogP contribution in [0.25, 0.3) is 0 Å². The first kappa shape index (κ1) is 17.2. The van der Waals surface area contributed by atoms with Crippen LogP contribution in [0.5, 0.6) is 0 Å². The van der Waals surface area contributed by atoms with Gasteiger partial charge < -0.3 is 0 Å². The minimum absolute atomic E-state index is 0. The van der Waals surface area contributed by atoms with Gasteiger partial charge in [-0.05, 0) is 15.1 Å². The van der Waals surface area contributed by atoms with Crippen LogP contribution >= 0.6 is 0 Å². The van der Waals surface area contributed by atoms with Crippen LogP contribution in [0.15, 0.2) is 0 Å². The van der Waals surface area contributed by atoms with Crippen molar-refractivity contribution >= 4 is 27.7 Å². The molecule has 2 heteroatoms. The van der Waals surface area contributed by atoms with Gasteiger partial charge in [-0.15, -0.1) is 0 Å². The maximum absolute atomic E-state index is 2.40. The Bertz CT molecular complexity index is 133. The fourth-order valence-electron chi connectivity index (χ4n) is 3.38. The van der Waals surface area contributed by atoms with Crippen molar-refractivity contribution in [2.45, 2.75) is 77.4 Å². The van der Waals surface area contributed by atoms with E-state index >= 15 is 0 Å². The predicted octanol–water partition coefficient (Wildman–Crippen LogP) is 4.50. The average molecular weight is 206 g/mol. The average Bonchev–Trinajstić information content (AvgIpc) is 1.44. The molecule has 0 aromatic heterocycles. The SMILES string of the molecule is CC(C)(C)[Si](C(C)(C)C)C(C)(C)C.[Li]. The second-order valence-electron chi connectivity index (χ2n) is 7.12. The molecule has 0 unspecified atom stereocenters. The van der Waals surface area contributed by atoms with Crippen molar-refractivity contribution in [1.29, 1.82) is 0 Å². The van der Waals surface area contributed by atoms with Crippen LogP contribution in [0, 0.1) is 0 Å². The van der Waals surface area contributed by atoms with Crippen molar-refractivity contribution in [1.82, 2.24) is 0 Å². The van der Waals surface area contributed by atoms with Crippen molar-refractivity contribution in [3.05, 3.63) is 0 Å². The number of hydrogen-bond acceptors (Lipinski definition) is 0. The molecular weight excluding hydrogens is 179 g/mol. The maximum Gasteiger partial charge on any atom is 0.0652 e. The molecule has 0 fully saturated rings. The van der Waals surface area contributed by atoms with Crippen molar-refractivity contribution in [3.63, 3.8) is 0 Å². The van der Waals surface area contributed by atoms with Crippen LogP contribution in [0.4, 0.5) is 0 Å². The summed E-state index contributed by atoms with van der Waals surface area (Å²) in [6.07, 6.45) is 0. The summed E-state index contributed by atoms with van der Waals surface area (Å²) >= 11 is 0. The van der Waals surface area contributed by atoms with Gasteiger partial charge in [-0.25, -0.2) is 0 Å². The normalized spacial score (nSPS) is 14.1. The molecule has 0 aromatic carbocycles. The monoisotopic (exact) mass is 206 g/mol. The molecule has 0 aliphatic heterocycles. The molecule has 0 aliphatic rings. The molecule has 0 aromatic rings. The third-order valence-electron chi connectivity index (χ3n) is 2.25. The Labute approximate surface area is 105 Å². The summed E-state index contributed by atoms with van der Waals surface area (Å²) in [6, 6.07) is 0. The standard InChI is InChI=1S/C12H27Si.Li/c1-10(2,3)13(11(4,5)6)12(7,8)9;/h1-9H3;. The van der Waals surface area contributed by atoms with Crippen LogP contribution in [0.2, 0.25) is 15.1 Å². The van der Waals surface area contributed by atoms with E-state index in [1.807, 2.05) is 0 Å². The molecule has 0 heterocycles. The van der Waals surface area contributed by atoms with Crippen LogP contribution in [-0.4, -0.2) is 27.7 Å². The molecule has 0 spiro atoms. The fourth-order valence-corrected chi connectivity index (χ4v) is 10.1. The van der Waals surface area contributed by atoms with E-state index < -0.39 is 8.80 Å². The largest absolute Gasteiger partial charge is 0.0652 e. The summed E-state index contributed by atoms with van der Waals surface area (Å²) in [5.74, 6) is 0. The van der Waals surface area contributed by atoms with Gasteiger partial charge >= 0.3 is 0 Å². The Morgan fingerprint density at radius 2 is 0.643 bits per heavy atom. The fraction of sp³-hybridized carbons (Fsp3) is 1.00. The molecule has 0 bridgehead atoms. The first-order valence-electron chi connectivity index (χ1n) is 5.25. The van der Waals surface area contributed by atoms with Crippen LogP contribution in [0.3, 0.4) is 0 Å². The minimum atomic E-state index is -0.391. The Kier molecular flexibility index (Phi) is 5.86. The topological polar surface area (TPSA) is 0 Å². The molecular formula is C12H27LiSi. The molecule has 0 aliphatic carbocycles. The van der Waals surface area contributed by atoms with Crippen LogP contribution < -0.4 is 0 Å². The zero-order valence-electron chi connectivity index (χ0n) is 12.0. The molecule has 0 atom stereocenters. The summed E-state index contributed by atoms with van der Waals surface area (Å²) in [7, 11) is -0.391. The van der Waals surface area contributed by atoms with E-state index in [2.05, 4.69) is 62.3 Å². The molecule has 80 valence electrons. The van der Waals surface area contributed by atoms with E-state index in [4.69, 9.17) is 0 Å². The molecule has 14 heavy (non-hydrogen) atoms. The third-order valence-corrected chi connectivity index (χ3v) is 6.75. The minimum Gasteiger partial charge on any atom is -0.0627 e. The van der Waals surface area contributed by atoms with Gasteiger partial charge in [-0.2, -0.15) is 0 Å². The smallest absolute Gasteiger partial charge is 0.0627 e. The second kappa shape index (κ2) is 4.77. The van der Waals surface area contributed by atoms with Crippen molar-refractivity contribution in [2.75, 3.05) is 0 Å². The molecule has 0 nitrogen and oxygen atoms in total. The molecule has 0 N–H and O–H groups in total. The van der Waals surface area contributed by atoms with Crippen LogP contribution in [-0.2, 0) is 0 Å². The van der Waals surface area contributed by atoms with Crippen molar-refractivity contribution in [2.24, 2.45) is 0 Å². The van der Waals surface area contributed by atoms with Gasteiger partial charge in [0.1, 0.15) is 0 Å². The van der Waals surface area contributed by atoms with Gasteiger partial charge in [-0.3, -0.25) is 0 Å². The first-order chi connectivity index (χ1) is 5.37. The van der Waals surface area contributed by atoms with Gasteiger partial charge in [0.2, 0.25) is 0 Å². The van der Waals surface area contributed by atoms with E-state index in [1.165, 1.54) is 0 Å². The quantitative estimate of drug-likeness (QED) is 0.512. The van der Waals surface area contributed by atoms with Crippen molar-refractivity contribution in [3.8, 4) is 0 Å². The van der Waals surface area contributed by atoms with Gasteiger partial charge in [0.25, 0.3) is 0 Å². The zero-order valence-corrected chi connectivity index (χ0v) is 13.0. The van der Waals surface area contributed by atoms with Gasteiger partial charge in [0, 0.05) is 18.9 Å². The Morgan fingerprint density at radius 1 is 0.500 bits per heavy atom. The number of hydrogen-bond donors (Lipinski definition) is 0. The molecule has 2 radical (unpaired) electrons. The summed E-state index contributed by atoms with van der Waals surface area (Å²) in [5, 5.41) is 1.46. The van der Waals surface area contributed by atoms with E-state index in [9.17, 15) is 0 Å². The first-order valence-corrected chi connectivity index (χ1v) is 6.75. The Balaban J connectivity index is 0. The summed E-state index contributed by atoms with van der Waals surface area (Å²) in [4.78, 5) is 0. The Hall–Kier alpha value is 0.814. The summed E-state index contributed by atoms with van der Waals surface area (Å²) in [5.41, 5.74) is 0. The summed E-state index contributed by atoms with van der Waals surface area (Å²) < 4.78 is 0. The van der Waals surface area contributed by atoms with Crippen molar-refractivity contribution < 1.29 is 0 Å². The van der Waals surface area contributed by atoms with Gasteiger partial charge in [0.05, 0.1) is 8.80 Å². The van der Waals surface area contributed by atoms with E-state index in [0.29, 0.717) is 15.1 Å². The van der Waals surface area contributed by atoms with E-state index in [-0.39, 0.29) is 18.9 Å². The van der Waals surface area contributed by atoms with E-state index in [1.54, 1.807) is 0 Å². The summed E-state index contributed by atoms with van der Waals surface area (Å²) in [6.45, 7) is 21.6. The Morgan fingerprint density at radius 3 is 0.643 bits per heavy atom.